The van der Waals surface area contributed by atoms with E-state index in [1.807, 2.05) is 0 Å². The van der Waals surface area contributed by atoms with Crippen LogP contribution in [0.2, 0.25) is 5.02 Å². The highest BCUT2D eigenvalue weighted by atomic mass is 79.9. The average molecular weight is 396 g/mol. The van der Waals surface area contributed by atoms with Crippen molar-refractivity contribution < 1.29 is 13.2 Å². The number of thiophene rings is 1. The molecule has 0 saturated heterocycles. The van der Waals surface area contributed by atoms with Crippen molar-refractivity contribution in [1.29, 1.82) is 0 Å². The fraction of sp³-hybridized carbons (Fsp3) is 0. The van der Waals surface area contributed by atoms with Gasteiger partial charge in [-0.1, -0.05) is 11.6 Å². The molecule has 0 saturated carbocycles. The van der Waals surface area contributed by atoms with Crippen LogP contribution < -0.4 is 10.5 Å². The molecule has 1 heterocycles. The summed E-state index contributed by atoms with van der Waals surface area (Å²) in [5.41, 5.74) is 5.42. The van der Waals surface area contributed by atoms with Gasteiger partial charge in [0.05, 0.1) is 10.6 Å². The van der Waals surface area contributed by atoms with E-state index in [-0.39, 0.29) is 20.5 Å². The molecule has 0 radical (unpaired) electrons. The Balaban J connectivity index is 2.38. The molecule has 1 amide bonds. The van der Waals surface area contributed by atoms with Crippen LogP contribution in [0.1, 0.15) is 10.4 Å². The molecule has 0 aliphatic carbocycles. The molecule has 106 valence electrons. The van der Waals surface area contributed by atoms with Gasteiger partial charge in [0.15, 0.2) is 4.21 Å². The van der Waals surface area contributed by atoms with Crippen LogP contribution in [0.3, 0.4) is 0 Å². The van der Waals surface area contributed by atoms with E-state index in [0.29, 0.717) is 4.47 Å². The predicted octanol–water partition coefficient (Wildman–Crippen LogP) is 3.06. The first kappa shape index (κ1) is 15.3. The highest BCUT2D eigenvalue weighted by Crippen LogP contribution is 2.30. The van der Waals surface area contributed by atoms with Gasteiger partial charge in [0.1, 0.15) is 0 Å². The largest absolute Gasteiger partial charge is 0.366 e. The molecule has 0 aliphatic rings. The monoisotopic (exact) mass is 394 g/mol. The minimum atomic E-state index is -3.73. The number of carbonyl (C=O) groups is 1. The Morgan fingerprint density at radius 1 is 1.35 bits per heavy atom. The first-order valence-corrected chi connectivity index (χ1v) is 8.70. The molecule has 3 N–H and O–H groups in total. The van der Waals surface area contributed by atoms with E-state index in [2.05, 4.69) is 20.7 Å². The topological polar surface area (TPSA) is 89.3 Å². The number of primary amides is 1. The maximum atomic E-state index is 12.2. The van der Waals surface area contributed by atoms with Gasteiger partial charge in [-0.3, -0.25) is 9.52 Å². The van der Waals surface area contributed by atoms with Crippen LogP contribution in [0.4, 0.5) is 5.69 Å². The zero-order valence-corrected chi connectivity index (χ0v) is 13.7. The lowest BCUT2D eigenvalue weighted by atomic mass is 10.2. The van der Waals surface area contributed by atoms with Gasteiger partial charge in [0.2, 0.25) is 5.91 Å². The van der Waals surface area contributed by atoms with E-state index >= 15 is 0 Å². The van der Waals surface area contributed by atoms with Crippen molar-refractivity contribution in [2.45, 2.75) is 4.21 Å². The lowest BCUT2D eigenvalue weighted by Crippen LogP contribution is -2.15. The molecule has 20 heavy (non-hydrogen) atoms. The normalized spacial score (nSPS) is 11.3. The minimum Gasteiger partial charge on any atom is -0.366 e. The number of hydrogen-bond acceptors (Lipinski definition) is 4. The van der Waals surface area contributed by atoms with Crippen LogP contribution in [0, 0.1) is 0 Å². The molecule has 1 aromatic carbocycles. The van der Waals surface area contributed by atoms with Gasteiger partial charge in [-0.15, -0.1) is 11.3 Å². The van der Waals surface area contributed by atoms with Crippen LogP contribution in [-0.4, -0.2) is 14.3 Å². The van der Waals surface area contributed by atoms with Gasteiger partial charge in [0, 0.05) is 10.2 Å². The lowest BCUT2D eigenvalue weighted by molar-refractivity contribution is 0.100. The summed E-state index contributed by atoms with van der Waals surface area (Å²) >= 11 is 10.0. The maximum Gasteiger partial charge on any atom is 0.272 e. The predicted molar refractivity (Wildman–Crippen MR) is 82.8 cm³/mol. The molecule has 0 aliphatic heterocycles. The Hall–Kier alpha value is -1.09. The second-order valence-electron chi connectivity index (χ2n) is 3.72. The molecule has 0 bridgehead atoms. The molecule has 0 fully saturated rings. The zero-order chi connectivity index (χ0) is 14.9. The Bertz CT molecular complexity index is 774. The molecule has 2 aromatic rings. The number of benzene rings is 1. The third kappa shape index (κ3) is 3.14. The fourth-order valence-corrected chi connectivity index (χ4v) is 5.05. The summed E-state index contributed by atoms with van der Waals surface area (Å²) in [5.74, 6) is -0.728. The summed E-state index contributed by atoms with van der Waals surface area (Å²) < 4.78 is 27.3. The summed E-state index contributed by atoms with van der Waals surface area (Å²) in [4.78, 5) is 11.2. The summed E-state index contributed by atoms with van der Waals surface area (Å²) in [5, 5.41) is 1.81. The first-order chi connectivity index (χ1) is 9.31. The van der Waals surface area contributed by atoms with Crippen molar-refractivity contribution in [3.8, 4) is 0 Å². The van der Waals surface area contributed by atoms with Crippen molar-refractivity contribution >= 4 is 60.5 Å². The Morgan fingerprint density at radius 3 is 2.60 bits per heavy atom. The van der Waals surface area contributed by atoms with E-state index in [1.54, 1.807) is 11.4 Å². The Morgan fingerprint density at radius 2 is 2.05 bits per heavy atom. The van der Waals surface area contributed by atoms with E-state index in [9.17, 15) is 13.2 Å². The number of nitrogens with one attached hydrogen (secondary N) is 1. The van der Waals surface area contributed by atoms with Crippen molar-refractivity contribution in [3.63, 3.8) is 0 Å². The maximum absolute atomic E-state index is 12.2. The number of carbonyl (C=O) groups excluding carboxylic acids is 1. The van der Waals surface area contributed by atoms with Gasteiger partial charge < -0.3 is 5.73 Å². The van der Waals surface area contributed by atoms with Crippen molar-refractivity contribution in [2.24, 2.45) is 5.73 Å². The van der Waals surface area contributed by atoms with Crippen molar-refractivity contribution in [3.05, 3.63) is 44.7 Å². The number of hydrogen-bond donors (Lipinski definition) is 2. The van der Waals surface area contributed by atoms with E-state index in [0.717, 1.165) is 11.3 Å². The highest BCUT2D eigenvalue weighted by molar-refractivity contribution is 9.10. The van der Waals surface area contributed by atoms with E-state index in [4.69, 9.17) is 17.3 Å². The SMILES string of the molecule is NC(=O)c1cc(NS(=O)(=O)c2sccc2Br)ccc1Cl. The van der Waals surface area contributed by atoms with Crippen LogP contribution in [0.25, 0.3) is 0 Å². The van der Waals surface area contributed by atoms with Crippen LogP contribution in [0.15, 0.2) is 38.3 Å². The number of halogens is 2. The lowest BCUT2D eigenvalue weighted by Gasteiger charge is -2.08. The standard InChI is InChI=1S/C11H8BrClN2O3S2/c12-8-3-4-19-11(8)20(17,18)15-6-1-2-9(13)7(5-6)10(14)16/h1-5,15H,(H2,14,16). The van der Waals surface area contributed by atoms with Crippen LogP contribution >= 0.6 is 38.9 Å². The second-order valence-corrected chi connectivity index (χ2v) is 7.78. The van der Waals surface area contributed by atoms with Crippen LogP contribution in [-0.2, 0) is 10.0 Å². The minimum absolute atomic E-state index is 0.0529. The summed E-state index contributed by atoms with van der Waals surface area (Å²) in [6, 6.07) is 5.79. The van der Waals surface area contributed by atoms with Crippen LogP contribution in [0.5, 0.6) is 0 Å². The summed E-state index contributed by atoms with van der Waals surface area (Å²) in [6.07, 6.45) is 0. The van der Waals surface area contributed by atoms with Gasteiger partial charge in [0.25, 0.3) is 10.0 Å². The molecule has 0 spiro atoms. The Labute approximate surface area is 132 Å². The molecule has 5 nitrogen and oxygen atoms in total. The quantitative estimate of drug-likeness (QED) is 0.833. The molecule has 1 aromatic heterocycles. The molecule has 0 unspecified atom stereocenters. The van der Waals surface area contributed by atoms with E-state index < -0.39 is 15.9 Å². The van der Waals surface area contributed by atoms with Gasteiger partial charge >= 0.3 is 0 Å². The third-order valence-electron chi connectivity index (χ3n) is 2.31. The number of nitrogens with two attached hydrogens (primary N) is 1. The van der Waals surface area contributed by atoms with Gasteiger partial charge in [-0.2, -0.15) is 0 Å². The first-order valence-electron chi connectivity index (χ1n) is 5.16. The second kappa shape index (κ2) is 5.72. The average Bonchev–Trinajstić information content (AvgIpc) is 2.78. The summed E-state index contributed by atoms with van der Waals surface area (Å²) in [7, 11) is -3.73. The number of sulfonamides is 1. The van der Waals surface area contributed by atoms with Crippen molar-refractivity contribution in [2.75, 3.05) is 4.72 Å². The van der Waals surface area contributed by atoms with Gasteiger partial charge in [-0.25, -0.2) is 8.42 Å². The molecule has 9 heteroatoms. The van der Waals surface area contributed by atoms with Gasteiger partial charge in [-0.05, 0) is 45.6 Å². The number of amides is 1. The summed E-state index contributed by atoms with van der Waals surface area (Å²) in [6.45, 7) is 0. The number of anilines is 1. The smallest absolute Gasteiger partial charge is 0.272 e. The van der Waals surface area contributed by atoms with E-state index in [1.165, 1.54) is 18.2 Å². The molecule has 0 atom stereocenters. The zero-order valence-electron chi connectivity index (χ0n) is 9.76. The molecular formula is C11H8BrClN2O3S2. The fourth-order valence-electron chi connectivity index (χ4n) is 1.45. The Kier molecular flexibility index (Phi) is 4.38. The number of rotatable bonds is 4. The van der Waals surface area contributed by atoms with Crippen molar-refractivity contribution in [1.82, 2.24) is 0 Å². The third-order valence-corrected chi connectivity index (χ3v) is 6.69. The highest BCUT2D eigenvalue weighted by Gasteiger charge is 2.20. The molecule has 2 rings (SSSR count). The molecular weight excluding hydrogens is 388 g/mol.